The first-order valence-corrected chi connectivity index (χ1v) is 8.37. The Bertz CT molecular complexity index is 665. The van der Waals surface area contributed by atoms with Crippen LogP contribution in [-0.2, 0) is 20.7 Å². The fourth-order valence-corrected chi connectivity index (χ4v) is 2.17. The van der Waals surface area contributed by atoms with Crippen molar-refractivity contribution in [2.75, 3.05) is 0 Å². The minimum atomic E-state index is -1.53. The second kappa shape index (κ2) is 9.22. The molecule has 0 aliphatic carbocycles. The Labute approximate surface area is 157 Å². The Morgan fingerprint density at radius 2 is 1.67 bits per heavy atom. The van der Waals surface area contributed by atoms with Crippen molar-refractivity contribution in [2.45, 2.75) is 57.9 Å². The van der Waals surface area contributed by atoms with Crippen LogP contribution in [0.1, 0.15) is 33.3 Å². The SMILES string of the molecule is C[C@H](O)[C@@H](NC(=O)[C@H](Cc1ccc(O)cc1)NC(=O)OC(C)(C)C)C(=O)O. The summed E-state index contributed by atoms with van der Waals surface area (Å²) in [5.74, 6) is -2.15. The van der Waals surface area contributed by atoms with Gasteiger partial charge >= 0.3 is 12.1 Å². The van der Waals surface area contributed by atoms with Gasteiger partial charge < -0.3 is 30.7 Å². The minimum absolute atomic E-state index is 0.0253. The molecule has 9 heteroatoms. The number of aromatic hydroxyl groups is 1. The number of carbonyl (C=O) groups excluding carboxylic acids is 2. The molecule has 0 spiro atoms. The number of phenols is 1. The third kappa shape index (κ3) is 7.95. The van der Waals surface area contributed by atoms with Crippen molar-refractivity contribution >= 4 is 18.0 Å². The zero-order valence-electron chi connectivity index (χ0n) is 15.7. The maximum atomic E-state index is 12.5. The first-order valence-electron chi connectivity index (χ1n) is 8.37. The molecule has 0 aliphatic heterocycles. The molecule has 0 radical (unpaired) electrons. The fourth-order valence-electron chi connectivity index (χ4n) is 2.17. The van der Waals surface area contributed by atoms with Crippen LogP contribution in [0.25, 0.3) is 0 Å². The van der Waals surface area contributed by atoms with Crippen LogP contribution < -0.4 is 10.6 Å². The minimum Gasteiger partial charge on any atom is -0.508 e. The quantitative estimate of drug-likeness (QED) is 0.468. The van der Waals surface area contributed by atoms with Gasteiger partial charge in [0.15, 0.2) is 6.04 Å². The lowest BCUT2D eigenvalue weighted by Crippen LogP contribution is -2.55. The van der Waals surface area contributed by atoms with Gasteiger partial charge in [0.05, 0.1) is 6.10 Å². The normalized spacial score (nSPS) is 14.6. The average molecular weight is 382 g/mol. The summed E-state index contributed by atoms with van der Waals surface area (Å²) in [6.07, 6.45) is -2.15. The van der Waals surface area contributed by atoms with E-state index in [-0.39, 0.29) is 12.2 Å². The van der Waals surface area contributed by atoms with Gasteiger partial charge in [-0.25, -0.2) is 9.59 Å². The predicted molar refractivity (Wildman–Crippen MR) is 96.2 cm³/mol. The van der Waals surface area contributed by atoms with E-state index in [4.69, 9.17) is 9.84 Å². The molecule has 0 aromatic heterocycles. The van der Waals surface area contributed by atoms with E-state index in [1.807, 2.05) is 0 Å². The summed E-state index contributed by atoms with van der Waals surface area (Å²) < 4.78 is 5.14. The van der Waals surface area contributed by atoms with Gasteiger partial charge in [0, 0.05) is 6.42 Å². The molecule has 9 nitrogen and oxygen atoms in total. The number of hydrogen-bond acceptors (Lipinski definition) is 6. The summed E-state index contributed by atoms with van der Waals surface area (Å²) in [5.41, 5.74) is -0.166. The summed E-state index contributed by atoms with van der Waals surface area (Å²) in [6, 6.07) is 3.30. The molecule has 2 amide bonds. The Morgan fingerprint density at radius 1 is 1.11 bits per heavy atom. The van der Waals surface area contributed by atoms with E-state index < -0.39 is 41.8 Å². The third-order valence-electron chi connectivity index (χ3n) is 3.43. The van der Waals surface area contributed by atoms with Crippen LogP contribution in [0.2, 0.25) is 0 Å². The van der Waals surface area contributed by atoms with Gasteiger partial charge in [-0.15, -0.1) is 0 Å². The van der Waals surface area contributed by atoms with E-state index >= 15 is 0 Å². The van der Waals surface area contributed by atoms with Crippen molar-refractivity contribution in [3.8, 4) is 5.75 Å². The molecule has 0 unspecified atom stereocenters. The molecule has 5 N–H and O–H groups in total. The van der Waals surface area contributed by atoms with Crippen molar-refractivity contribution in [1.29, 1.82) is 0 Å². The first-order chi connectivity index (χ1) is 12.4. The number of aliphatic carboxylic acids is 1. The van der Waals surface area contributed by atoms with Crippen LogP contribution in [0.3, 0.4) is 0 Å². The summed E-state index contributed by atoms with van der Waals surface area (Å²) >= 11 is 0. The molecule has 27 heavy (non-hydrogen) atoms. The van der Waals surface area contributed by atoms with Gasteiger partial charge in [-0.05, 0) is 45.4 Å². The number of carboxylic acid groups (broad SMARTS) is 1. The number of phenolic OH excluding ortho intramolecular Hbond substituents is 1. The molecule has 1 aromatic rings. The second-order valence-electron chi connectivity index (χ2n) is 7.13. The highest BCUT2D eigenvalue weighted by Gasteiger charge is 2.30. The molecule has 0 saturated heterocycles. The summed E-state index contributed by atoms with van der Waals surface area (Å²) in [4.78, 5) is 35.8. The van der Waals surface area contributed by atoms with E-state index in [0.717, 1.165) is 0 Å². The van der Waals surface area contributed by atoms with E-state index in [2.05, 4.69) is 10.6 Å². The number of aliphatic hydroxyl groups excluding tert-OH is 1. The Kier molecular flexibility index (Phi) is 7.59. The highest BCUT2D eigenvalue weighted by Crippen LogP contribution is 2.13. The van der Waals surface area contributed by atoms with Crippen LogP contribution in [0.4, 0.5) is 4.79 Å². The third-order valence-corrected chi connectivity index (χ3v) is 3.43. The number of hydrogen-bond donors (Lipinski definition) is 5. The van der Waals surface area contributed by atoms with Crippen molar-refractivity contribution < 1.29 is 34.4 Å². The van der Waals surface area contributed by atoms with Crippen LogP contribution >= 0.6 is 0 Å². The number of ether oxygens (including phenoxy) is 1. The lowest BCUT2D eigenvalue weighted by Gasteiger charge is -2.25. The molecule has 1 aromatic carbocycles. The predicted octanol–water partition coefficient (Wildman–Crippen LogP) is 0.778. The number of carboxylic acids is 1. The number of nitrogens with one attached hydrogen (secondary N) is 2. The lowest BCUT2D eigenvalue weighted by molar-refractivity contribution is -0.145. The number of carbonyl (C=O) groups is 3. The van der Waals surface area contributed by atoms with E-state index in [1.54, 1.807) is 32.9 Å². The van der Waals surface area contributed by atoms with E-state index in [1.165, 1.54) is 19.1 Å². The van der Waals surface area contributed by atoms with Crippen molar-refractivity contribution in [3.63, 3.8) is 0 Å². The van der Waals surface area contributed by atoms with E-state index in [9.17, 15) is 24.6 Å². The molecule has 3 atom stereocenters. The number of alkyl carbamates (subject to hydrolysis) is 1. The first kappa shape index (κ1) is 22.2. The topological polar surface area (TPSA) is 145 Å². The lowest BCUT2D eigenvalue weighted by atomic mass is 10.0. The highest BCUT2D eigenvalue weighted by molar-refractivity contribution is 5.89. The molecule has 0 bridgehead atoms. The van der Waals surface area contributed by atoms with Gasteiger partial charge in [-0.2, -0.15) is 0 Å². The smallest absolute Gasteiger partial charge is 0.408 e. The number of benzene rings is 1. The molecule has 150 valence electrons. The van der Waals surface area contributed by atoms with Gasteiger partial charge in [-0.3, -0.25) is 4.79 Å². The molecule has 0 heterocycles. The molecular weight excluding hydrogens is 356 g/mol. The summed E-state index contributed by atoms with van der Waals surface area (Å²) in [6.45, 7) is 6.22. The monoisotopic (exact) mass is 382 g/mol. The van der Waals surface area contributed by atoms with Gasteiger partial charge in [0.1, 0.15) is 17.4 Å². The van der Waals surface area contributed by atoms with Gasteiger partial charge in [-0.1, -0.05) is 12.1 Å². The second-order valence-corrected chi connectivity index (χ2v) is 7.13. The summed E-state index contributed by atoms with van der Waals surface area (Å²) in [5, 5.41) is 32.6. The molecular formula is C18H26N2O7. The number of rotatable bonds is 7. The van der Waals surface area contributed by atoms with Gasteiger partial charge in [0.2, 0.25) is 5.91 Å². The maximum absolute atomic E-state index is 12.5. The zero-order valence-corrected chi connectivity index (χ0v) is 15.7. The number of amides is 2. The van der Waals surface area contributed by atoms with Crippen LogP contribution in [-0.4, -0.2) is 57.1 Å². The highest BCUT2D eigenvalue weighted by atomic mass is 16.6. The Morgan fingerprint density at radius 3 is 2.11 bits per heavy atom. The number of aliphatic hydroxyl groups is 1. The summed E-state index contributed by atoms with van der Waals surface area (Å²) in [7, 11) is 0. The molecule has 1 rings (SSSR count). The van der Waals surface area contributed by atoms with Crippen LogP contribution in [0.5, 0.6) is 5.75 Å². The van der Waals surface area contributed by atoms with Gasteiger partial charge in [0.25, 0.3) is 0 Å². The Hall–Kier alpha value is -2.81. The van der Waals surface area contributed by atoms with Crippen molar-refractivity contribution in [1.82, 2.24) is 10.6 Å². The van der Waals surface area contributed by atoms with Crippen molar-refractivity contribution in [2.24, 2.45) is 0 Å². The maximum Gasteiger partial charge on any atom is 0.408 e. The van der Waals surface area contributed by atoms with Crippen molar-refractivity contribution in [3.05, 3.63) is 29.8 Å². The van der Waals surface area contributed by atoms with E-state index in [0.29, 0.717) is 5.56 Å². The standard InChI is InChI=1S/C18H26N2O7/c1-10(21)14(16(24)25)20-15(23)13(19-17(26)27-18(2,3)4)9-11-5-7-12(22)8-6-11/h5-8,10,13-14,21-22H,9H2,1-4H3,(H,19,26)(H,20,23)(H,24,25)/t10-,13-,14+/m0/s1. The fraction of sp³-hybridized carbons (Fsp3) is 0.500. The zero-order chi connectivity index (χ0) is 20.8. The Balaban J connectivity index is 2.97. The largest absolute Gasteiger partial charge is 0.508 e. The molecule has 0 fully saturated rings. The van der Waals surface area contributed by atoms with Crippen LogP contribution in [0, 0.1) is 0 Å². The molecule has 0 saturated carbocycles. The van der Waals surface area contributed by atoms with Crippen LogP contribution in [0.15, 0.2) is 24.3 Å². The average Bonchev–Trinajstić information content (AvgIpc) is 2.51. The molecule has 0 aliphatic rings.